The average Bonchev–Trinajstić information content (AvgIpc) is 2.41. The molecule has 0 saturated carbocycles. The van der Waals surface area contributed by atoms with Crippen molar-refractivity contribution in [3.8, 4) is 11.6 Å². The first-order valence-corrected chi connectivity index (χ1v) is 6.24. The van der Waals surface area contributed by atoms with Gasteiger partial charge in [-0.3, -0.25) is 4.79 Å². The molecule has 0 atom stereocenters. The molecule has 112 valence electrons. The Morgan fingerprint density at radius 2 is 2.00 bits per heavy atom. The van der Waals surface area contributed by atoms with Gasteiger partial charge in [-0.05, 0) is 32.0 Å². The maximum atomic E-state index is 12.7. The van der Waals surface area contributed by atoms with Crippen LogP contribution in [0.15, 0.2) is 35.1 Å². The number of ether oxygens (including phenoxy) is 1. The van der Waals surface area contributed by atoms with Crippen LogP contribution in [0.3, 0.4) is 0 Å². The molecule has 4 nitrogen and oxygen atoms in total. The van der Waals surface area contributed by atoms with Crippen LogP contribution in [0.5, 0.6) is 5.88 Å². The number of hydrogen-bond donors (Lipinski definition) is 0. The van der Waals surface area contributed by atoms with Crippen LogP contribution in [-0.4, -0.2) is 16.4 Å². The number of hydrogen-bond acceptors (Lipinski definition) is 3. The van der Waals surface area contributed by atoms with E-state index in [1.807, 2.05) is 0 Å². The van der Waals surface area contributed by atoms with E-state index in [1.54, 1.807) is 13.8 Å². The second-order valence-electron chi connectivity index (χ2n) is 4.35. The Hall–Kier alpha value is -2.31. The Bertz CT molecular complexity index is 708. The first kappa shape index (κ1) is 15.1. The number of rotatable bonds is 3. The maximum absolute atomic E-state index is 12.7. The maximum Gasteiger partial charge on any atom is 0.416 e. The van der Waals surface area contributed by atoms with Crippen LogP contribution in [-0.2, 0) is 6.18 Å². The topological polar surface area (TPSA) is 44.1 Å². The van der Waals surface area contributed by atoms with E-state index in [0.29, 0.717) is 5.69 Å². The quantitative estimate of drug-likeness (QED) is 0.875. The molecule has 0 saturated heterocycles. The van der Waals surface area contributed by atoms with Crippen molar-refractivity contribution in [1.29, 1.82) is 0 Å². The minimum absolute atomic E-state index is 0.138. The van der Waals surface area contributed by atoms with Crippen LogP contribution in [0.2, 0.25) is 0 Å². The highest BCUT2D eigenvalue weighted by Gasteiger charge is 2.30. The second kappa shape index (κ2) is 5.59. The Balaban J connectivity index is 2.56. The fraction of sp³-hybridized carbons (Fsp3) is 0.286. The minimum atomic E-state index is -4.44. The summed E-state index contributed by atoms with van der Waals surface area (Å²) in [6.07, 6.45) is -4.44. The number of nitrogens with zero attached hydrogens (tertiary/aromatic N) is 2. The van der Waals surface area contributed by atoms with Gasteiger partial charge in [-0.25, -0.2) is 4.68 Å². The van der Waals surface area contributed by atoms with Gasteiger partial charge in [-0.2, -0.15) is 13.2 Å². The molecular weight excluding hydrogens is 285 g/mol. The van der Waals surface area contributed by atoms with Crippen molar-refractivity contribution in [2.75, 3.05) is 6.61 Å². The fourth-order valence-electron chi connectivity index (χ4n) is 1.84. The van der Waals surface area contributed by atoms with Crippen molar-refractivity contribution in [1.82, 2.24) is 9.78 Å². The summed E-state index contributed by atoms with van der Waals surface area (Å²) in [6, 6.07) is 6.00. The molecule has 2 rings (SSSR count). The van der Waals surface area contributed by atoms with Crippen molar-refractivity contribution in [2.24, 2.45) is 0 Å². The standard InChI is InChI=1S/C14H13F3N2O2/c1-3-21-13-12(20)7-9(2)19(18-13)11-6-4-5-10(8-11)14(15,16)17/h4-8H,3H2,1-2H3. The lowest BCUT2D eigenvalue weighted by Crippen LogP contribution is -2.17. The third-order valence-corrected chi connectivity index (χ3v) is 2.77. The van der Waals surface area contributed by atoms with Gasteiger partial charge < -0.3 is 4.74 Å². The van der Waals surface area contributed by atoms with Gasteiger partial charge in [0.05, 0.1) is 17.9 Å². The summed E-state index contributed by atoms with van der Waals surface area (Å²) in [5.74, 6) is -0.138. The van der Waals surface area contributed by atoms with Crippen LogP contribution in [0.4, 0.5) is 13.2 Å². The molecule has 0 aliphatic heterocycles. The van der Waals surface area contributed by atoms with E-state index >= 15 is 0 Å². The summed E-state index contributed by atoms with van der Waals surface area (Å²) in [5.41, 5.74) is -0.554. The summed E-state index contributed by atoms with van der Waals surface area (Å²) in [5, 5.41) is 3.97. The molecule has 0 aliphatic rings. The van der Waals surface area contributed by atoms with Gasteiger partial charge in [-0.1, -0.05) is 6.07 Å². The Kier molecular flexibility index (Phi) is 4.02. The van der Waals surface area contributed by atoms with Crippen molar-refractivity contribution in [2.45, 2.75) is 20.0 Å². The van der Waals surface area contributed by atoms with E-state index in [4.69, 9.17) is 4.74 Å². The average molecular weight is 298 g/mol. The molecule has 0 bridgehead atoms. The predicted molar refractivity (Wildman–Crippen MR) is 70.7 cm³/mol. The van der Waals surface area contributed by atoms with E-state index < -0.39 is 17.2 Å². The SMILES string of the molecule is CCOc1nn(-c2cccc(C(F)(F)F)c2)c(C)cc1=O. The normalized spacial score (nSPS) is 11.5. The van der Waals surface area contributed by atoms with Crippen LogP contribution in [0, 0.1) is 6.92 Å². The zero-order valence-corrected chi connectivity index (χ0v) is 11.4. The summed E-state index contributed by atoms with van der Waals surface area (Å²) in [7, 11) is 0. The molecule has 7 heteroatoms. The molecule has 0 N–H and O–H groups in total. The van der Waals surface area contributed by atoms with E-state index in [9.17, 15) is 18.0 Å². The minimum Gasteiger partial charge on any atom is -0.474 e. The third kappa shape index (κ3) is 3.24. The van der Waals surface area contributed by atoms with Gasteiger partial charge >= 0.3 is 6.18 Å². The van der Waals surface area contributed by atoms with E-state index in [2.05, 4.69) is 5.10 Å². The zero-order valence-electron chi connectivity index (χ0n) is 11.4. The van der Waals surface area contributed by atoms with Crippen molar-refractivity contribution < 1.29 is 17.9 Å². The van der Waals surface area contributed by atoms with Crippen LogP contribution in [0.1, 0.15) is 18.2 Å². The molecule has 0 unspecified atom stereocenters. The van der Waals surface area contributed by atoms with Crippen molar-refractivity contribution >= 4 is 0 Å². The van der Waals surface area contributed by atoms with Gasteiger partial charge in [0.2, 0.25) is 5.43 Å². The van der Waals surface area contributed by atoms with Gasteiger partial charge in [0.25, 0.3) is 5.88 Å². The summed E-state index contributed by atoms with van der Waals surface area (Å²) < 4.78 is 44.6. The first-order valence-electron chi connectivity index (χ1n) is 6.24. The molecule has 0 radical (unpaired) electrons. The lowest BCUT2D eigenvalue weighted by molar-refractivity contribution is -0.137. The van der Waals surface area contributed by atoms with E-state index in [1.165, 1.54) is 22.9 Å². The molecule has 1 aromatic heterocycles. The molecule has 2 aromatic rings. The third-order valence-electron chi connectivity index (χ3n) is 2.77. The number of halogens is 3. The Morgan fingerprint density at radius 3 is 2.62 bits per heavy atom. The van der Waals surface area contributed by atoms with Gasteiger partial charge in [0, 0.05) is 11.8 Å². The molecule has 0 amide bonds. The van der Waals surface area contributed by atoms with Gasteiger partial charge in [0.1, 0.15) is 0 Å². The molecule has 1 aromatic carbocycles. The van der Waals surface area contributed by atoms with Crippen molar-refractivity contribution in [3.63, 3.8) is 0 Å². The Morgan fingerprint density at radius 1 is 1.29 bits per heavy atom. The number of alkyl halides is 3. The number of aromatic nitrogens is 2. The lowest BCUT2D eigenvalue weighted by atomic mass is 10.2. The monoisotopic (exact) mass is 298 g/mol. The molecule has 21 heavy (non-hydrogen) atoms. The highest BCUT2D eigenvalue weighted by Crippen LogP contribution is 2.30. The smallest absolute Gasteiger partial charge is 0.416 e. The van der Waals surface area contributed by atoms with Gasteiger partial charge in [-0.15, -0.1) is 5.10 Å². The first-order chi connectivity index (χ1) is 9.82. The van der Waals surface area contributed by atoms with E-state index in [-0.39, 0.29) is 18.2 Å². The summed E-state index contributed by atoms with van der Waals surface area (Å²) >= 11 is 0. The Labute approximate surface area is 118 Å². The number of aryl methyl sites for hydroxylation is 1. The second-order valence-corrected chi connectivity index (χ2v) is 4.35. The highest BCUT2D eigenvalue weighted by molar-refractivity contribution is 5.38. The molecule has 0 spiro atoms. The number of benzene rings is 1. The van der Waals surface area contributed by atoms with Crippen LogP contribution >= 0.6 is 0 Å². The largest absolute Gasteiger partial charge is 0.474 e. The predicted octanol–water partition coefficient (Wildman–Crippen LogP) is 2.96. The van der Waals surface area contributed by atoms with Crippen molar-refractivity contribution in [3.05, 3.63) is 51.8 Å². The molecular formula is C14H13F3N2O2. The summed E-state index contributed by atoms with van der Waals surface area (Å²) in [4.78, 5) is 11.7. The van der Waals surface area contributed by atoms with Gasteiger partial charge in [0.15, 0.2) is 0 Å². The van der Waals surface area contributed by atoms with Crippen LogP contribution < -0.4 is 10.2 Å². The highest BCUT2D eigenvalue weighted by atomic mass is 19.4. The lowest BCUT2D eigenvalue weighted by Gasteiger charge is -2.13. The van der Waals surface area contributed by atoms with E-state index in [0.717, 1.165) is 12.1 Å². The molecule has 1 heterocycles. The van der Waals surface area contributed by atoms with Crippen LogP contribution in [0.25, 0.3) is 5.69 Å². The zero-order chi connectivity index (χ0) is 15.6. The molecule has 0 aliphatic carbocycles. The molecule has 0 fully saturated rings. The fourth-order valence-corrected chi connectivity index (χ4v) is 1.84. The summed E-state index contributed by atoms with van der Waals surface area (Å²) in [6.45, 7) is 3.52.